The van der Waals surface area contributed by atoms with Crippen molar-refractivity contribution in [1.82, 2.24) is 9.38 Å². The predicted octanol–water partition coefficient (Wildman–Crippen LogP) is 4.33. The van der Waals surface area contributed by atoms with Gasteiger partial charge in [-0.2, -0.15) is 0 Å². The van der Waals surface area contributed by atoms with Crippen LogP contribution < -0.4 is 0 Å². The highest BCUT2D eigenvalue weighted by molar-refractivity contribution is 7.15. The number of nitrogens with zero attached hydrogens (tertiary/aromatic N) is 2. The van der Waals surface area contributed by atoms with Gasteiger partial charge in [-0.1, -0.05) is 17.7 Å². The summed E-state index contributed by atoms with van der Waals surface area (Å²) in [7, 11) is 0. The van der Waals surface area contributed by atoms with E-state index >= 15 is 0 Å². The van der Waals surface area contributed by atoms with Crippen molar-refractivity contribution in [3.8, 4) is 10.7 Å². The minimum atomic E-state index is 0.561. The van der Waals surface area contributed by atoms with E-state index in [-0.39, 0.29) is 0 Å². The topological polar surface area (TPSA) is 17.3 Å². The van der Waals surface area contributed by atoms with Crippen molar-refractivity contribution in [2.24, 2.45) is 0 Å². The summed E-state index contributed by atoms with van der Waals surface area (Å²) in [5.74, 6) is 0.923. The SMILES string of the molecule is Cc1ccc2c(Cl)nc(-c3ccc(C)s3)n2c1. The van der Waals surface area contributed by atoms with E-state index in [1.165, 1.54) is 10.4 Å². The second-order valence-corrected chi connectivity index (χ2v) is 5.74. The van der Waals surface area contributed by atoms with E-state index in [9.17, 15) is 0 Å². The van der Waals surface area contributed by atoms with Crippen LogP contribution in [0.4, 0.5) is 0 Å². The number of rotatable bonds is 1. The molecule has 0 fully saturated rings. The van der Waals surface area contributed by atoms with Gasteiger partial charge in [-0.05, 0) is 37.6 Å². The van der Waals surface area contributed by atoms with Crippen LogP contribution in [0.25, 0.3) is 16.2 Å². The fourth-order valence-corrected chi connectivity index (χ4v) is 2.97. The van der Waals surface area contributed by atoms with Gasteiger partial charge in [0.1, 0.15) is 0 Å². The Morgan fingerprint density at radius 1 is 1.18 bits per heavy atom. The second-order valence-electron chi connectivity index (χ2n) is 4.10. The summed E-state index contributed by atoms with van der Waals surface area (Å²) < 4.78 is 2.06. The van der Waals surface area contributed by atoms with Gasteiger partial charge in [0.05, 0.1) is 10.4 Å². The Morgan fingerprint density at radius 3 is 2.71 bits per heavy atom. The van der Waals surface area contributed by atoms with E-state index in [1.54, 1.807) is 11.3 Å². The van der Waals surface area contributed by atoms with Gasteiger partial charge in [0.2, 0.25) is 0 Å². The zero-order valence-electron chi connectivity index (χ0n) is 9.57. The first-order valence-electron chi connectivity index (χ1n) is 5.36. The lowest BCUT2D eigenvalue weighted by molar-refractivity contribution is 1.15. The van der Waals surface area contributed by atoms with Crippen LogP contribution in [0.3, 0.4) is 0 Å². The molecule has 0 saturated heterocycles. The first kappa shape index (κ1) is 10.8. The van der Waals surface area contributed by atoms with Gasteiger partial charge in [-0.3, -0.25) is 4.40 Å². The van der Waals surface area contributed by atoms with Gasteiger partial charge < -0.3 is 0 Å². The van der Waals surface area contributed by atoms with Crippen molar-refractivity contribution >= 4 is 28.5 Å². The summed E-state index contributed by atoms with van der Waals surface area (Å²) in [4.78, 5) is 6.88. The maximum atomic E-state index is 6.16. The molecule has 0 atom stereocenters. The van der Waals surface area contributed by atoms with Crippen LogP contribution in [0.1, 0.15) is 10.4 Å². The van der Waals surface area contributed by atoms with E-state index in [1.807, 2.05) is 12.1 Å². The molecule has 0 spiro atoms. The smallest absolute Gasteiger partial charge is 0.156 e. The third kappa shape index (κ3) is 1.75. The standard InChI is InChI=1S/C13H11ClN2S/c1-8-3-5-10-12(14)15-13(16(10)7-8)11-6-4-9(2)17-11/h3-7H,1-2H3. The minimum absolute atomic E-state index is 0.561. The number of thiophene rings is 1. The molecule has 3 aromatic rings. The average molecular weight is 263 g/mol. The Kier molecular flexibility index (Phi) is 2.45. The summed E-state index contributed by atoms with van der Waals surface area (Å²) in [6.45, 7) is 4.16. The maximum Gasteiger partial charge on any atom is 0.156 e. The number of hydrogen-bond acceptors (Lipinski definition) is 2. The first-order chi connectivity index (χ1) is 8.15. The molecule has 0 N–H and O–H groups in total. The van der Waals surface area contributed by atoms with Crippen LogP contribution in [-0.2, 0) is 0 Å². The molecule has 0 aromatic carbocycles. The lowest BCUT2D eigenvalue weighted by Gasteiger charge is -1.99. The Hall–Kier alpha value is -1.32. The van der Waals surface area contributed by atoms with Gasteiger partial charge in [-0.15, -0.1) is 11.3 Å². The number of halogens is 1. The molecule has 0 saturated carbocycles. The van der Waals surface area contributed by atoms with Crippen molar-refractivity contribution in [3.05, 3.63) is 46.1 Å². The lowest BCUT2D eigenvalue weighted by atomic mass is 10.3. The van der Waals surface area contributed by atoms with E-state index in [4.69, 9.17) is 11.6 Å². The van der Waals surface area contributed by atoms with Crippen LogP contribution in [0.5, 0.6) is 0 Å². The molecule has 17 heavy (non-hydrogen) atoms. The molecule has 0 amide bonds. The number of fused-ring (bicyclic) bond motifs is 1. The molecule has 0 aliphatic heterocycles. The molecule has 2 nitrogen and oxygen atoms in total. The van der Waals surface area contributed by atoms with Crippen LogP contribution in [-0.4, -0.2) is 9.38 Å². The summed E-state index contributed by atoms with van der Waals surface area (Å²) in [6.07, 6.45) is 2.07. The summed E-state index contributed by atoms with van der Waals surface area (Å²) in [5.41, 5.74) is 2.15. The molecule has 86 valence electrons. The molecule has 3 rings (SSSR count). The normalized spacial score (nSPS) is 11.2. The van der Waals surface area contributed by atoms with Crippen LogP contribution >= 0.6 is 22.9 Å². The highest BCUT2D eigenvalue weighted by Crippen LogP contribution is 2.30. The third-order valence-electron chi connectivity index (χ3n) is 2.70. The van der Waals surface area contributed by atoms with Gasteiger partial charge in [-0.25, -0.2) is 4.98 Å². The summed E-state index contributed by atoms with van der Waals surface area (Å²) in [5, 5.41) is 0.561. The number of pyridine rings is 1. The molecule has 0 bridgehead atoms. The molecular weight excluding hydrogens is 252 g/mol. The second kappa shape index (κ2) is 3.86. The highest BCUT2D eigenvalue weighted by Gasteiger charge is 2.12. The molecule has 3 heterocycles. The van der Waals surface area contributed by atoms with Crippen LogP contribution in [0.15, 0.2) is 30.5 Å². The van der Waals surface area contributed by atoms with Crippen molar-refractivity contribution in [2.75, 3.05) is 0 Å². The van der Waals surface area contributed by atoms with Crippen LogP contribution in [0.2, 0.25) is 5.15 Å². The van der Waals surface area contributed by atoms with Crippen molar-refractivity contribution in [1.29, 1.82) is 0 Å². The Bertz CT molecular complexity index is 697. The molecule has 0 aliphatic rings. The maximum absolute atomic E-state index is 6.16. The largest absolute Gasteiger partial charge is 0.297 e. The summed E-state index contributed by atoms with van der Waals surface area (Å²) in [6, 6.07) is 8.25. The molecular formula is C13H11ClN2S. The van der Waals surface area contributed by atoms with E-state index in [2.05, 4.69) is 41.6 Å². The summed E-state index contributed by atoms with van der Waals surface area (Å²) >= 11 is 7.89. The van der Waals surface area contributed by atoms with Gasteiger partial charge >= 0.3 is 0 Å². The first-order valence-corrected chi connectivity index (χ1v) is 6.55. The fraction of sp³-hybridized carbons (Fsp3) is 0.154. The highest BCUT2D eigenvalue weighted by atomic mass is 35.5. The Morgan fingerprint density at radius 2 is 2.00 bits per heavy atom. The molecule has 0 unspecified atom stereocenters. The zero-order valence-corrected chi connectivity index (χ0v) is 11.1. The molecule has 3 aromatic heterocycles. The number of hydrogen-bond donors (Lipinski definition) is 0. The van der Waals surface area contributed by atoms with Crippen molar-refractivity contribution < 1.29 is 0 Å². The molecule has 4 heteroatoms. The predicted molar refractivity (Wildman–Crippen MR) is 73.0 cm³/mol. The van der Waals surface area contributed by atoms with Crippen molar-refractivity contribution in [2.45, 2.75) is 13.8 Å². The Balaban J connectivity index is 2.33. The molecule has 0 aliphatic carbocycles. The fourth-order valence-electron chi connectivity index (χ4n) is 1.88. The molecule has 0 radical (unpaired) electrons. The van der Waals surface area contributed by atoms with E-state index in [0.717, 1.165) is 16.2 Å². The van der Waals surface area contributed by atoms with Crippen molar-refractivity contribution in [3.63, 3.8) is 0 Å². The minimum Gasteiger partial charge on any atom is -0.297 e. The van der Waals surface area contributed by atoms with E-state index in [0.29, 0.717) is 5.15 Å². The van der Waals surface area contributed by atoms with Gasteiger partial charge in [0, 0.05) is 11.1 Å². The van der Waals surface area contributed by atoms with Crippen LogP contribution in [0, 0.1) is 13.8 Å². The lowest BCUT2D eigenvalue weighted by Crippen LogP contribution is -1.88. The third-order valence-corrected chi connectivity index (χ3v) is 3.98. The number of aromatic nitrogens is 2. The zero-order chi connectivity index (χ0) is 12.0. The average Bonchev–Trinajstić information content (AvgIpc) is 2.83. The monoisotopic (exact) mass is 262 g/mol. The quantitative estimate of drug-likeness (QED) is 0.638. The van der Waals surface area contributed by atoms with Gasteiger partial charge in [0.25, 0.3) is 0 Å². The number of imidazole rings is 1. The van der Waals surface area contributed by atoms with E-state index < -0.39 is 0 Å². The number of aryl methyl sites for hydroxylation is 2. The Labute approximate surface area is 108 Å². The van der Waals surface area contributed by atoms with Gasteiger partial charge in [0.15, 0.2) is 11.0 Å².